The van der Waals surface area contributed by atoms with Gasteiger partial charge in [0.1, 0.15) is 0 Å². The molecule has 23 heavy (non-hydrogen) atoms. The number of pyridine rings is 1. The Bertz CT molecular complexity index is 1030. The molecule has 3 aromatic heterocycles. The van der Waals surface area contributed by atoms with Crippen LogP contribution in [-0.4, -0.2) is 24.8 Å². The van der Waals surface area contributed by atoms with Gasteiger partial charge in [-0.25, -0.2) is 9.50 Å². The molecular weight excluding hydrogens is 307 g/mol. The third-order valence-corrected chi connectivity index (χ3v) is 3.67. The third-order valence-electron chi connectivity index (χ3n) is 3.67. The van der Waals surface area contributed by atoms with Crippen LogP contribution in [0.2, 0.25) is 0 Å². The topological polar surface area (TPSA) is 58.9 Å². The summed E-state index contributed by atoms with van der Waals surface area (Å²) < 4.78 is 39.7. The van der Waals surface area contributed by atoms with Crippen molar-refractivity contribution >= 4 is 16.6 Å². The summed E-state index contributed by atoms with van der Waals surface area (Å²) in [6.45, 7) is 1.91. The van der Waals surface area contributed by atoms with Gasteiger partial charge in [0.15, 0.2) is 5.65 Å². The molecule has 0 saturated carbocycles. The summed E-state index contributed by atoms with van der Waals surface area (Å²) in [5.41, 5.74) is 3.37. The van der Waals surface area contributed by atoms with E-state index in [9.17, 15) is 13.2 Å². The molecule has 0 radical (unpaired) electrons. The molecule has 3 heterocycles. The van der Waals surface area contributed by atoms with Crippen molar-refractivity contribution in [2.45, 2.75) is 13.1 Å². The second-order valence-corrected chi connectivity index (χ2v) is 5.25. The SMILES string of the molecule is Cc1cc(-c2cccn3nc(C(F)(F)F)nc23)cc2cn[nH]c12. The Kier molecular flexibility index (Phi) is 2.72. The molecular formula is C15H10F3N5. The van der Waals surface area contributed by atoms with Gasteiger partial charge in [0.05, 0.1) is 11.7 Å². The molecule has 1 aromatic carbocycles. The summed E-state index contributed by atoms with van der Waals surface area (Å²) in [6, 6.07) is 7.12. The van der Waals surface area contributed by atoms with Gasteiger partial charge in [-0.15, -0.1) is 5.10 Å². The number of aryl methyl sites for hydroxylation is 1. The van der Waals surface area contributed by atoms with Crippen LogP contribution in [-0.2, 0) is 6.18 Å². The molecule has 0 aliphatic heterocycles. The molecule has 0 spiro atoms. The summed E-state index contributed by atoms with van der Waals surface area (Å²) in [5.74, 6) is -1.15. The van der Waals surface area contributed by atoms with Crippen molar-refractivity contribution in [3.05, 3.63) is 48.0 Å². The van der Waals surface area contributed by atoms with Crippen LogP contribution in [0.5, 0.6) is 0 Å². The fraction of sp³-hybridized carbons (Fsp3) is 0.133. The molecule has 8 heteroatoms. The Morgan fingerprint density at radius 1 is 1.22 bits per heavy atom. The monoisotopic (exact) mass is 317 g/mol. The van der Waals surface area contributed by atoms with Crippen LogP contribution in [0.25, 0.3) is 27.7 Å². The highest BCUT2D eigenvalue weighted by Gasteiger charge is 2.36. The quantitative estimate of drug-likeness (QED) is 0.583. The largest absolute Gasteiger partial charge is 0.453 e. The average Bonchev–Trinajstić information content (AvgIpc) is 3.12. The first-order valence-corrected chi connectivity index (χ1v) is 6.80. The van der Waals surface area contributed by atoms with Gasteiger partial charge >= 0.3 is 6.18 Å². The van der Waals surface area contributed by atoms with E-state index in [1.807, 2.05) is 19.1 Å². The van der Waals surface area contributed by atoms with Crippen molar-refractivity contribution in [1.29, 1.82) is 0 Å². The summed E-state index contributed by atoms with van der Waals surface area (Å²) in [5, 5.41) is 11.3. The van der Waals surface area contributed by atoms with Crippen molar-refractivity contribution in [2.24, 2.45) is 0 Å². The number of benzene rings is 1. The zero-order chi connectivity index (χ0) is 16.2. The molecule has 5 nitrogen and oxygen atoms in total. The van der Waals surface area contributed by atoms with Crippen LogP contribution in [0.4, 0.5) is 13.2 Å². The smallest absolute Gasteiger partial charge is 0.278 e. The van der Waals surface area contributed by atoms with Crippen molar-refractivity contribution < 1.29 is 13.2 Å². The van der Waals surface area contributed by atoms with E-state index < -0.39 is 12.0 Å². The molecule has 0 fully saturated rings. The van der Waals surface area contributed by atoms with Crippen molar-refractivity contribution in [1.82, 2.24) is 24.8 Å². The Morgan fingerprint density at radius 2 is 2.04 bits per heavy atom. The van der Waals surface area contributed by atoms with Gasteiger partial charge in [-0.05, 0) is 42.3 Å². The number of H-pyrrole nitrogens is 1. The highest BCUT2D eigenvalue weighted by atomic mass is 19.4. The fourth-order valence-corrected chi connectivity index (χ4v) is 2.64. The number of hydrogen-bond acceptors (Lipinski definition) is 3. The molecule has 4 aromatic rings. The van der Waals surface area contributed by atoms with Crippen LogP contribution >= 0.6 is 0 Å². The highest BCUT2D eigenvalue weighted by Crippen LogP contribution is 2.31. The number of nitrogens with one attached hydrogen (secondary N) is 1. The number of nitrogens with zero attached hydrogens (tertiary/aromatic N) is 4. The maximum atomic E-state index is 12.8. The van der Waals surface area contributed by atoms with Gasteiger partial charge < -0.3 is 0 Å². The number of hydrogen-bond donors (Lipinski definition) is 1. The van der Waals surface area contributed by atoms with Gasteiger partial charge in [0.2, 0.25) is 0 Å². The van der Waals surface area contributed by atoms with Crippen LogP contribution in [0.1, 0.15) is 11.4 Å². The van der Waals surface area contributed by atoms with Gasteiger partial charge in [0.25, 0.3) is 5.82 Å². The van der Waals surface area contributed by atoms with E-state index in [1.165, 1.54) is 6.20 Å². The van der Waals surface area contributed by atoms with Crippen molar-refractivity contribution in [3.8, 4) is 11.1 Å². The summed E-state index contributed by atoms with van der Waals surface area (Å²) in [7, 11) is 0. The lowest BCUT2D eigenvalue weighted by Crippen LogP contribution is -2.07. The van der Waals surface area contributed by atoms with Crippen molar-refractivity contribution in [3.63, 3.8) is 0 Å². The second-order valence-electron chi connectivity index (χ2n) is 5.25. The first kappa shape index (κ1) is 13.7. The number of halogens is 3. The molecule has 0 atom stereocenters. The number of aromatic nitrogens is 5. The Labute approximate surface area is 127 Å². The number of aromatic amines is 1. The maximum absolute atomic E-state index is 12.8. The van der Waals surface area contributed by atoms with E-state index >= 15 is 0 Å². The normalized spacial score (nSPS) is 12.3. The van der Waals surface area contributed by atoms with Gasteiger partial charge in [-0.1, -0.05) is 0 Å². The lowest BCUT2D eigenvalue weighted by atomic mass is 10.0. The maximum Gasteiger partial charge on any atom is 0.453 e. The molecule has 0 aliphatic carbocycles. The van der Waals surface area contributed by atoms with E-state index in [1.54, 1.807) is 18.3 Å². The minimum atomic E-state index is -4.58. The fourth-order valence-electron chi connectivity index (χ4n) is 2.64. The van der Waals surface area contributed by atoms with Crippen LogP contribution in [0.15, 0.2) is 36.7 Å². The predicted octanol–water partition coefficient (Wildman–Crippen LogP) is 3.60. The predicted molar refractivity (Wildman–Crippen MR) is 77.8 cm³/mol. The van der Waals surface area contributed by atoms with Gasteiger partial charge in [0, 0.05) is 17.1 Å². The molecule has 0 unspecified atom stereocenters. The minimum absolute atomic E-state index is 0.169. The third kappa shape index (κ3) is 2.14. The van der Waals surface area contributed by atoms with Gasteiger partial charge in [-0.2, -0.15) is 18.3 Å². The molecule has 1 N–H and O–H groups in total. The van der Waals surface area contributed by atoms with E-state index in [-0.39, 0.29) is 5.65 Å². The second kappa shape index (κ2) is 4.55. The molecule has 0 amide bonds. The lowest BCUT2D eigenvalue weighted by Gasteiger charge is -2.05. The molecule has 4 rings (SSSR count). The van der Waals surface area contributed by atoms with Crippen LogP contribution in [0, 0.1) is 6.92 Å². The average molecular weight is 317 g/mol. The van der Waals surface area contributed by atoms with E-state index in [4.69, 9.17) is 0 Å². The highest BCUT2D eigenvalue weighted by molar-refractivity contribution is 5.89. The van der Waals surface area contributed by atoms with Gasteiger partial charge in [-0.3, -0.25) is 5.10 Å². The zero-order valence-corrected chi connectivity index (χ0v) is 11.9. The summed E-state index contributed by atoms with van der Waals surface area (Å²) in [4.78, 5) is 3.66. The summed E-state index contributed by atoms with van der Waals surface area (Å²) >= 11 is 0. The number of alkyl halides is 3. The summed E-state index contributed by atoms with van der Waals surface area (Å²) in [6.07, 6.45) is -1.45. The Hall–Kier alpha value is -2.90. The molecule has 0 aliphatic rings. The van der Waals surface area contributed by atoms with Crippen molar-refractivity contribution in [2.75, 3.05) is 0 Å². The number of rotatable bonds is 1. The number of fused-ring (bicyclic) bond motifs is 2. The lowest BCUT2D eigenvalue weighted by molar-refractivity contribution is -0.144. The first-order valence-electron chi connectivity index (χ1n) is 6.80. The molecule has 0 bridgehead atoms. The molecule has 0 saturated heterocycles. The zero-order valence-electron chi connectivity index (χ0n) is 11.9. The minimum Gasteiger partial charge on any atom is -0.278 e. The first-order chi connectivity index (χ1) is 10.9. The standard InChI is InChI=1S/C15H10F3N5/c1-8-5-9(6-10-7-19-21-12(8)10)11-3-2-4-23-13(11)20-14(22-23)15(16,17)18/h2-7H,1H3,(H,19,21). The van der Waals surface area contributed by atoms with E-state index in [0.29, 0.717) is 5.56 Å². The Balaban J connectivity index is 1.98. The molecule has 116 valence electrons. The van der Waals surface area contributed by atoms with E-state index in [2.05, 4.69) is 20.3 Å². The van der Waals surface area contributed by atoms with E-state index in [0.717, 1.165) is 26.5 Å². The van der Waals surface area contributed by atoms with Crippen LogP contribution < -0.4 is 0 Å². The van der Waals surface area contributed by atoms with Crippen LogP contribution in [0.3, 0.4) is 0 Å². The Morgan fingerprint density at radius 3 is 2.83 bits per heavy atom.